The first-order valence-corrected chi connectivity index (χ1v) is 17.3. The van der Waals surface area contributed by atoms with Crippen molar-refractivity contribution in [2.24, 2.45) is 0 Å². The minimum Gasteiger partial charge on any atom is -0.436 e. The van der Waals surface area contributed by atoms with Crippen molar-refractivity contribution in [1.29, 1.82) is 0 Å². The number of nitrogens with zero attached hydrogens (tertiary/aromatic N) is 6. The maximum Gasteiger partial charge on any atom is 0.410 e. The summed E-state index contributed by atoms with van der Waals surface area (Å²) < 4.78 is 7.79. The predicted octanol–water partition coefficient (Wildman–Crippen LogP) is 4.00. The largest absolute Gasteiger partial charge is 0.436 e. The fraction of sp³-hybridized carbons (Fsp3) is 0.486. The summed E-state index contributed by atoms with van der Waals surface area (Å²) in [7, 11) is 2.17. The second-order valence-electron chi connectivity index (χ2n) is 13.3. The van der Waals surface area contributed by atoms with Crippen LogP contribution in [0.3, 0.4) is 0 Å². The number of imidazole rings is 1. The van der Waals surface area contributed by atoms with Gasteiger partial charge in [0.1, 0.15) is 0 Å². The second-order valence-corrected chi connectivity index (χ2v) is 13.8. The number of carbonyl (C=O) groups is 2. The van der Waals surface area contributed by atoms with Gasteiger partial charge in [0, 0.05) is 69.4 Å². The molecule has 0 radical (unpaired) electrons. The number of benzene rings is 2. The molecule has 5 heterocycles. The molecule has 3 aliphatic heterocycles. The summed E-state index contributed by atoms with van der Waals surface area (Å²) in [6.45, 7) is 5.86. The van der Waals surface area contributed by atoms with Gasteiger partial charge in [-0.05, 0) is 69.1 Å². The van der Waals surface area contributed by atoms with Gasteiger partial charge in [-0.3, -0.25) is 19.4 Å². The number of fused-ring (bicyclic) bond motifs is 1. The van der Waals surface area contributed by atoms with Crippen LogP contribution < -0.4 is 5.69 Å². The lowest BCUT2D eigenvalue weighted by Gasteiger charge is -2.42. The van der Waals surface area contributed by atoms with E-state index in [1.807, 2.05) is 47.5 Å². The van der Waals surface area contributed by atoms with Gasteiger partial charge in [-0.25, -0.2) is 9.59 Å². The molecule has 254 valence electrons. The Morgan fingerprint density at radius 3 is 2.38 bits per heavy atom. The van der Waals surface area contributed by atoms with Crippen molar-refractivity contribution in [3.63, 3.8) is 0 Å². The number of carbonyl (C=O) groups excluding carboxylic acids is 2. The molecule has 2 N–H and O–H groups in total. The molecule has 3 aliphatic rings. The van der Waals surface area contributed by atoms with E-state index in [0.29, 0.717) is 50.1 Å². The van der Waals surface area contributed by atoms with Gasteiger partial charge in [0.15, 0.2) is 6.10 Å². The highest BCUT2D eigenvalue weighted by Crippen LogP contribution is 2.27. The highest BCUT2D eigenvalue weighted by molar-refractivity contribution is 6.35. The number of aromatic nitrogens is 4. The number of aromatic amines is 2. The molecule has 2 aromatic heterocycles. The molecule has 2 amide bonds. The number of ether oxygens (including phenoxy) is 1. The SMILES string of the molecule is CN1CCC(N2CCN(C(=O)[C@@H](Cc3cc(Cl)c4[nH]ncc4c3)OC(=O)N3CCC(n4cc(-c5ccccc5)[nH]c4=O)CC3)CC2)CC1. The van der Waals surface area contributed by atoms with Crippen LogP contribution >= 0.6 is 11.6 Å². The summed E-state index contributed by atoms with van der Waals surface area (Å²) in [5, 5.41) is 8.33. The van der Waals surface area contributed by atoms with Crippen molar-refractivity contribution in [2.45, 2.75) is 50.3 Å². The summed E-state index contributed by atoms with van der Waals surface area (Å²) in [4.78, 5) is 51.8. The number of H-pyrrole nitrogens is 2. The van der Waals surface area contributed by atoms with Gasteiger partial charge < -0.3 is 24.4 Å². The first kappa shape index (κ1) is 32.4. The number of rotatable bonds is 7. The maximum atomic E-state index is 14.1. The number of likely N-dealkylation sites (tertiary alicyclic amines) is 2. The molecule has 13 heteroatoms. The van der Waals surface area contributed by atoms with Gasteiger partial charge in [0.05, 0.1) is 22.4 Å². The van der Waals surface area contributed by atoms with Crippen molar-refractivity contribution in [3.8, 4) is 11.3 Å². The van der Waals surface area contributed by atoms with E-state index in [4.69, 9.17) is 16.3 Å². The lowest BCUT2D eigenvalue weighted by atomic mass is 10.0. The van der Waals surface area contributed by atoms with E-state index in [9.17, 15) is 14.4 Å². The fourth-order valence-electron chi connectivity index (χ4n) is 7.42. The standard InChI is InChI=1S/C35H43ClN8O4/c1-40-11-7-27(8-12-40)41-15-17-42(18-16-41)33(45)31(21-24-19-26-22-37-39-32(26)29(36)20-24)48-35(47)43-13-9-28(10-14-43)44-23-30(38-34(44)46)25-5-3-2-4-6-25/h2-6,19-20,22-23,27-28,31H,7-18,21H2,1H3,(H,37,39)(H,38,46)/t31-/m1/s1. The van der Waals surface area contributed by atoms with Crippen LogP contribution in [0, 0.1) is 0 Å². The molecule has 0 unspecified atom stereocenters. The molecule has 0 aliphatic carbocycles. The Bertz CT molecular complexity index is 1780. The first-order valence-electron chi connectivity index (χ1n) is 17.0. The summed E-state index contributed by atoms with van der Waals surface area (Å²) in [6.07, 6.45) is 5.74. The average molecular weight is 675 g/mol. The number of hydrogen-bond donors (Lipinski definition) is 2. The minimum absolute atomic E-state index is 0.0441. The summed E-state index contributed by atoms with van der Waals surface area (Å²) in [5.41, 5.74) is 3.08. The minimum atomic E-state index is -0.994. The third-order valence-corrected chi connectivity index (χ3v) is 10.6. The van der Waals surface area contributed by atoms with Crippen LogP contribution in [-0.4, -0.2) is 123 Å². The Morgan fingerprint density at radius 2 is 1.65 bits per heavy atom. The Labute approximate surface area is 284 Å². The molecule has 48 heavy (non-hydrogen) atoms. The topological polar surface area (TPSA) is 123 Å². The van der Waals surface area contributed by atoms with Crippen LogP contribution in [0.5, 0.6) is 0 Å². The van der Waals surface area contributed by atoms with Crippen LogP contribution in [0.15, 0.2) is 59.7 Å². The van der Waals surface area contributed by atoms with E-state index in [2.05, 4.69) is 32.0 Å². The van der Waals surface area contributed by atoms with E-state index in [0.717, 1.165) is 66.7 Å². The van der Waals surface area contributed by atoms with Crippen LogP contribution in [0.1, 0.15) is 37.3 Å². The van der Waals surface area contributed by atoms with E-state index >= 15 is 0 Å². The van der Waals surface area contributed by atoms with Crippen molar-refractivity contribution >= 4 is 34.5 Å². The van der Waals surface area contributed by atoms with Gasteiger partial charge in [-0.15, -0.1) is 0 Å². The second kappa shape index (κ2) is 14.2. The molecule has 7 rings (SSSR count). The van der Waals surface area contributed by atoms with E-state index in [-0.39, 0.29) is 24.1 Å². The van der Waals surface area contributed by atoms with Crippen molar-refractivity contribution in [1.82, 2.24) is 39.3 Å². The highest BCUT2D eigenvalue weighted by Gasteiger charge is 2.35. The monoisotopic (exact) mass is 674 g/mol. The van der Waals surface area contributed by atoms with Crippen LogP contribution in [0.4, 0.5) is 4.79 Å². The number of hydrogen-bond acceptors (Lipinski definition) is 7. The smallest absolute Gasteiger partial charge is 0.410 e. The molecular weight excluding hydrogens is 632 g/mol. The lowest BCUT2D eigenvalue weighted by Crippen LogP contribution is -2.56. The quantitative estimate of drug-likeness (QED) is 0.304. The Hall–Kier alpha value is -4.13. The maximum absolute atomic E-state index is 14.1. The van der Waals surface area contributed by atoms with Gasteiger partial charge in [-0.2, -0.15) is 5.10 Å². The molecule has 0 saturated carbocycles. The van der Waals surface area contributed by atoms with Crippen LogP contribution in [0.2, 0.25) is 5.02 Å². The van der Waals surface area contributed by atoms with E-state index in [1.165, 1.54) is 0 Å². The summed E-state index contributed by atoms with van der Waals surface area (Å²) >= 11 is 6.54. The first-order chi connectivity index (χ1) is 23.3. The average Bonchev–Trinajstić information content (AvgIpc) is 3.76. The molecule has 4 aromatic rings. The number of halogens is 1. The van der Waals surface area contributed by atoms with Crippen molar-refractivity contribution in [2.75, 3.05) is 59.4 Å². The normalized spacial score (nSPS) is 19.5. The Balaban J connectivity index is 1.01. The molecule has 0 bridgehead atoms. The van der Waals surface area contributed by atoms with Gasteiger partial charge in [0.25, 0.3) is 5.91 Å². The number of nitrogens with one attached hydrogen (secondary N) is 2. The molecule has 2 aromatic carbocycles. The number of piperazine rings is 1. The predicted molar refractivity (Wildman–Crippen MR) is 184 cm³/mol. The zero-order chi connectivity index (χ0) is 33.2. The highest BCUT2D eigenvalue weighted by atomic mass is 35.5. The number of piperidine rings is 2. The van der Waals surface area contributed by atoms with Crippen molar-refractivity contribution in [3.05, 3.63) is 75.9 Å². The Kier molecular flexibility index (Phi) is 9.56. The molecule has 3 saturated heterocycles. The lowest BCUT2D eigenvalue weighted by molar-refractivity contribution is -0.143. The van der Waals surface area contributed by atoms with Gasteiger partial charge in [0.2, 0.25) is 0 Å². The zero-order valence-electron chi connectivity index (χ0n) is 27.3. The molecule has 12 nitrogen and oxygen atoms in total. The van der Waals surface area contributed by atoms with Crippen LogP contribution in [0.25, 0.3) is 22.2 Å². The molecule has 3 fully saturated rings. The number of amides is 2. The molecule has 1 atom stereocenters. The molecule has 0 spiro atoms. The fourth-order valence-corrected chi connectivity index (χ4v) is 7.71. The van der Waals surface area contributed by atoms with E-state index < -0.39 is 12.2 Å². The van der Waals surface area contributed by atoms with Crippen molar-refractivity contribution < 1.29 is 14.3 Å². The van der Waals surface area contributed by atoms with E-state index in [1.54, 1.807) is 21.7 Å². The third-order valence-electron chi connectivity index (χ3n) is 10.3. The molecular formula is C35H43ClN8O4. The summed E-state index contributed by atoms with van der Waals surface area (Å²) in [5.74, 6) is -0.183. The Morgan fingerprint density at radius 1 is 0.938 bits per heavy atom. The third kappa shape index (κ3) is 7.01. The van der Waals surface area contributed by atoms with Gasteiger partial charge >= 0.3 is 11.8 Å². The summed E-state index contributed by atoms with van der Waals surface area (Å²) in [6, 6.07) is 14.0. The zero-order valence-corrected chi connectivity index (χ0v) is 28.1. The van der Waals surface area contributed by atoms with Gasteiger partial charge in [-0.1, -0.05) is 41.9 Å². The van der Waals surface area contributed by atoms with Crippen LogP contribution in [-0.2, 0) is 16.0 Å².